The number of ether oxygens (including phenoxy) is 1. The highest BCUT2D eigenvalue weighted by Gasteiger charge is 2.00. The van der Waals surface area contributed by atoms with E-state index in [1.165, 1.54) is 11.1 Å². The molecule has 0 aliphatic heterocycles. The molecule has 0 bridgehead atoms. The number of H-pyrrole nitrogens is 1. The van der Waals surface area contributed by atoms with Crippen LogP contribution < -0.4 is 4.74 Å². The number of hydrogen-bond donors (Lipinski definition) is 1. The molecule has 0 fully saturated rings. The molecule has 0 spiro atoms. The van der Waals surface area contributed by atoms with Gasteiger partial charge < -0.3 is 4.74 Å². The summed E-state index contributed by atoms with van der Waals surface area (Å²) in [6.45, 7) is 4.67. The Morgan fingerprint density at radius 3 is 2.56 bits per heavy atom. The van der Waals surface area contributed by atoms with Gasteiger partial charge in [0.1, 0.15) is 5.75 Å². The van der Waals surface area contributed by atoms with Gasteiger partial charge in [-0.3, -0.25) is 0 Å². The van der Waals surface area contributed by atoms with Gasteiger partial charge in [-0.1, -0.05) is 11.3 Å². The van der Waals surface area contributed by atoms with Crippen LogP contribution in [0.5, 0.6) is 5.75 Å². The lowest BCUT2D eigenvalue weighted by molar-refractivity contribution is 0.318. The average molecular weight is 218 g/mol. The molecule has 5 nitrogen and oxygen atoms in total. The second kappa shape index (κ2) is 4.74. The highest BCUT2D eigenvalue weighted by Crippen LogP contribution is 2.16. The number of nitrogens with one attached hydrogen (secondary N) is 1. The van der Waals surface area contributed by atoms with Gasteiger partial charge in [0, 0.05) is 6.42 Å². The first-order chi connectivity index (χ1) is 7.74. The molecule has 2 aromatic rings. The van der Waals surface area contributed by atoms with Crippen molar-refractivity contribution in [2.75, 3.05) is 6.61 Å². The van der Waals surface area contributed by atoms with Gasteiger partial charge in [-0.05, 0) is 37.1 Å². The van der Waals surface area contributed by atoms with E-state index in [2.05, 4.69) is 40.5 Å². The van der Waals surface area contributed by atoms with Crippen molar-refractivity contribution in [3.8, 4) is 5.75 Å². The van der Waals surface area contributed by atoms with Gasteiger partial charge in [0.25, 0.3) is 0 Å². The summed E-state index contributed by atoms with van der Waals surface area (Å²) >= 11 is 0. The predicted octanol–water partition coefficient (Wildman–Crippen LogP) is 1.44. The van der Waals surface area contributed by atoms with Crippen LogP contribution in [0.25, 0.3) is 0 Å². The minimum absolute atomic E-state index is 0.558. The molecular formula is C11H14N4O. The number of tetrazole rings is 1. The lowest BCUT2D eigenvalue weighted by Crippen LogP contribution is -2.03. The standard InChI is InChI=1S/C11H14N4O/c1-8-5-9(2)7-10(6-8)16-4-3-11-12-14-15-13-11/h5-7H,3-4H2,1-2H3,(H,12,13,14,15). The Kier molecular flexibility index (Phi) is 3.14. The number of hydrogen-bond acceptors (Lipinski definition) is 4. The first kappa shape index (κ1) is 10.6. The van der Waals surface area contributed by atoms with Crippen LogP contribution in [0.3, 0.4) is 0 Å². The van der Waals surface area contributed by atoms with E-state index in [-0.39, 0.29) is 0 Å². The molecule has 16 heavy (non-hydrogen) atoms. The van der Waals surface area contributed by atoms with Gasteiger partial charge in [-0.15, -0.1) is 10.2 Å². The van der Waals surface area contributed by atoms with Crippen LogP contribution in [0.15, 0.2) is 18.2 Å². The van der Waals surface area contributed by atoms with Gasteiger partial charge in [-0.2, -0.15) is 5.21 Å². The number of nitrogens with zero attached hydrogens (tertiary/aromatic N) is 3. The van der Waals surface area contributed by atoms with Gasteiger partial charge in [0.15, 0.2) is 5.82 Å². The Balaban J connectivity index is 1.89. The van der Waals surface area contributed by atoms with Crippen molar-refractivity contribution in [1.82, 2.24) is 20.6 Å². The highest BCUT2D eigenvalue weighted by molar-refractivity contribution is 5.32. The topological polar surface area (TPSA) is 63.7 Å². The fourth-order valence-electron chi connectivity index (χ4n) is 1.56. The first-order valence-electron chi connectivity index (χ1n) is 5.17. The molecular weight excluding hydrogens is 204 g/mol. The molecule has 1 aromatic carbocycles. The molecule has 1 N–H and O–H groups in total. The average Bonchev–Trinajstić information content (AvgIpc) is 2.69. The van der Waals surface area contributed by atoms with Crippen LogP contribution in [0.2, 0.25) is 0 Å². The summed E-state index contributed by atoms with van der Waals surface area (Å²) in [6, 6.07) is 6.15. The van der Waals surface area contributed by atoms with Gasteiger partial charge >= 0.3 is 0 Å². The van der Waals surface area contributed by atoms with E-state index in [0.29, 0.717) is 18.9 Å². The molecule has 0 aliphatic rings. The minimum atomic E-state index is 0.558. The van der Waals surface area contributed by atoms with Gasteiger partial charge in [0.05, 0.1) is 6.61 Å². The van der Waals surface area contributed by atoms with Crippen molar-refractivity contribution in [3.63, 3.8) is 0 Å². The van der Waals surface area contributed by atoms with E-state index < -0.39 is 0 Å². The van der Waals surface area contributed by atoms with Gasteiger partial charge in [0.2, 0.25) is 0 Å². The lowest BCUT2D eigenvalue weighted by atomic mass is 10.1. The molecule has 0 saturated heterocycles. The van der Waals surface area contributed by atoms with Crippen molar-refractivity contribution < 1.29 is 4.74 Å². The lowest BCUT2D eigenvalue weighted by Gasteiger charge is -2.06. The number of aromatic nitrogens is 4. The molecule has 0 unspecified atom stereocenters. The maximum Gasteiger partial charge on any atom is 0.177 e. The third-order valence-electron chi connectivity index (χ3n) is 2.18. The zero-order chi connectivity index (χ0) is 11.4. The third kappa shape index (κ3) is 2.79. The minimum Gasteiger partial charge on any atom is -0.493 e. The van der Waals surface area contributed by atoms with Crippen molar-refractivity contribution >= 4 is 0 Å². The highest BCUT2D eigenvalue weighted by atomic mass is 16.5. The van der Waals surface area contributed by atoms with Crippen LogP contribution >= 0.6 is 0 Å². The number of aromatic amines is 1. The summed E-state index contributed by atoms with van der Waals surface area (Å²) in [4.78, 5) is 0. The van der Waals surface area contributed by atoms with E-state index in [1.807, 2.05) is 12.1 Å². The molecule has 0 saturated carbocycles. The van der Waals surface area contributed by atoms with Crippen LogP contribution in [-0.2, 0) is 6.42 Å². The molecule has 0 aliphatic carbocycles. The quantitative estimate of drug-likeness (QED) is 0.843. The van der Waals surface area contributed by atoms with E-state index in [9.17, 15) is 0 Å². The molecule has 5 heteroatoms. The fraction of sp³-hybridized carbons (Fsp3) is 0.364. The van der Waals surface area contributed by atoms with Crippen molar-refractivity contribution in [3.05, 3.63) is 35.2 Å². The maximum absolute atomic E-state index is 5.62. The maximum atomic E-state index is 5.62. The molecule has 2 rings (SSSR count). The first-order valence-corrected chi connectivity index (χ1v) is 5.17. The molecule has 84 valence electrons. The van der Waals surface area contributed by atoms with Gasteiger partial charge in [-0.25, -0.2) is 0 Å². The zero-order valence-electron chi connectivity index (χ0n) is 9.40. The monoisotopic (exact) mass is 218 g/mol. The third-order valence-corrected chi connectivity index (χ3v) is 2.18. The normalized spacial score (nSPS) is 10.4. The Morgan fingerprint density at radius 1 is 1.19 bits per heavy atom. The second-order valence-electron chi connectivity index (χ2n) is 3.75. The summed E-state index contributed by atoms with van der Waals surface area (Å²) in [7, 11) is 0. The molecule has 1 aromatic heterocycles. The van der Waals surface area contributed by atoms with Crippen LogP contribution in [0.4, 0.5) is 0 Å². The second-order valence-corrected chi connectivity index (χ2v) is 3.75. The summed E-state index contributed by atoms with van der Waals surface area (Å²) in [5.74, 6) is 1.56. The van der Waals surface area contributed by atoms with E-state index >= 15 is 0 Å². The number of rotatable bonds is 4. The SMILES string of the molecule is Cc1cc(C)cc(OCCc2nn[nH]n2)c1. The Hall–Kier alpha value is -1.91. The van der Waals surface area contributed by atoms with Crippen LogP contribution in [-0.4, -0.2) is 27.2 Å². The summed E-state index contributed by atoms with van der Waals surface area (Å²) in [5, 5.41) is 13.6. The van der Waals surface area contributed by atoms with E-state index in [4.69, 9.17) is 4.74 Å². The molecule has 0 atom stereocenters. The predicted molar refractivity (Wildman–Crippen MR) is 59.3 cm³/mol. The van der Waals surface area contributed by atoms with Crippen molar-refractivity contribution in [2.45, 2.75) is 20.3 Å². The molecule has 0 radical (unpaired) electrons. The Morgan fingerprint density at radius 2 is 1.94 bits per heavy atom. The fourth-order valence-corrected chi connectivity index (χ4v) is 1.56. The van der Waals surface area contributed by atoms with E-state index in [0.717, 1.165) is 5.75 Å². The molecule has 0 amide bonds. The summed E-state index contributed by atoms with van der Waals surface area (Å²) in [6.07, 6.45) is 0.656. The Labute approximate surface area is 93.8 Å². The number of aryl methyl sites for hydroxylation is 2. The van der Waals surface area contributed by atoms with Crippen LogP contribution in [0.1, 0.15) is 17.0 Å². The smallest absolute Gasteiger partial charge is 0.177 e. The number of benzene rings is 1. The van der Waals surface area contributed by atoms with Crippen molar-refractivity contribution in [2.24, 2.45) is 0 Å². The summed E-state index contributed by atoms with van der Waals surface area (Å²) < 4.78 is 5.62. The van der Waals surface area contributed by atoms with Crippen LogP contribution in [0, 0.1) is 13.8 Å². The largest absolute Gasteiger partial charge is 0.493 e. The van der Waals surface area contributed by atoms with Crippen molar-refractivity contribution in [1.29, 1.82) is 0 Å². The molecule has 1 heterocycles. The van der Waals surface area contributed by atoms with E-state index in [1.54, 1.807) is 0 Å². The summed E-state index contributed by atoms with van der Waals surface area (Å²) in [5.41, 5.74) is 2.41. The Bertz CT molecular complexity index is 433. The zero-order valence-corrected chi connectivity index (χ0v) is 9.40.